The summed E-state index contributed by atoms with van der Waals surface area (Å²) in [7, 11) is 0. The minimum atomic E-state index is 0.404. The second-order valence-electron chi connectivity index (χ2n) is 3.29. The van der Waals surface area contributed by atoms with Crippen molar-refractivity contribution in [3.63, 3.8) is 0 Å². The first-order valence-corrected chi connectivity index (χ1v) is 4.81. The number of aryl methyl sites for hydroxylation is 1. The Bertz CT molecular complexity index is 510. The lowest BCUT2D eigenvalue weighted by atomic mass is 10.1. The molecule has 0 fully saturated rings. The highest BCUT2D eigenvalue weighted by molar-refractivity contribution is 5.33. The van der Waals surface area contributed by atoms with Gasteiger partial charge >= 0.3 is 6.01 Å². The zero-order chi connectivity index (χ0) is 11.4. The molecule has 1 heterocycles. The molecular formula is C11H10N4O. The highest BCUT2D eigenvalue weighted by atomic mass is 16.4. The summed E-state index contributed by atoms with van der Waals surface area (Å²) in [6.45, 7) is 2.33. The van der Waals surface area contributed by atoms with Crippen molar-refractivity contribution < 1.29 is 4.42 Å². The van der Waals surface area contributed by atoms with Crippen LogP contribution in [0, 0.1) is 18.3 Å². The Hall–Kier alpha value is -2.35. The van der Waals surface area contributed by atoms with E-state index in [9.17, 15) is 0 Å². The molecule has 5 nitrogen and oxygen atoms in total. The Morgan fingerprint density at radius 2 is 2.06 bits per heavy atom. The topological polar surface area (TPSA) is 74.7 Å². The van der Waals surface area contributed by atoms with E-state index in [1.165, 1.54) is 0 Å². The normalized spacial score (nSPS) is 9.75. The van der Waals surface area contributed by atoms with Gasteiger partial charge in [0.05, 0.1) is 11.6 Å². The molecule has 0 amide bonds. The van der Waals surface area contributed by atoms with Crippen molar-refractivity contribution in [2.45, 2.75) is 13.5 Å². The average molecular weight is 214 g/mol. The van der Waals surface area contributed by atoms with E-state index < -0.39 is 0 Å². The van der Waals surface area contributed by atoms with Crippen molar-refractivity contribution in [1.29, 1.82) is 5.26 Å². The van der Waals surface area contributed by atoms with Crippen LogP contribution in [0.25, 0.3) is 0 Å². The molecule has 0 aliphatic carbocycles. The Kier molecular flexibility index (Phi) is 2.83. The molecule has 0 saturated carbocycles. The maximum absolute atomic E-state index is 8.64. The van der Waals surface area contributed by atoms with Gasteiger partial charge in [-0.2, -0.15) is 5.26 Å². The molecule has 5 heteroatoms. The lowest BCUT2D eigenvalue weighted by Crippen LogP contribution is -1.99. The number of aromatic nitrogens is 2. The van der Waals surface area contributed by atoms with Gasteiger partial charge in [-0.05, 0) is 17.7 Å². The van der Waals surface area contributed by atoms with Crippen LogP contribution in [-0.2, 0) is 6.54 Å². The highest BCUT2D eigenvalue weighted by Gasteiger charge is 2.00. The monoisotopic (exact) mass is 214 g/mol. The second-order valence-corrected chi connectivity index (χ2v) is 3.29. The van der Waals surface area contributed by atoms with Crippen molar-refractivity contribution in [3.8, 4) is 6.07 Å². The summed E-state index contributed by atoms with van der Waals surface area (Å²) in [5, 5.41) is 19.2. The van der Waals surface area contributed by atoms with Gasteiger partial charge in [-0.25, -0.2) is 0 Å². The van der Waals surface area contributed by atoms with Crippen LogP contribution < -0.4 is 5.32 Å². The van der Waals surface area contributed by atoms with Crippen molar-refractivity contribution in [3.05, 3.63) is 41.3 Å². The van der Waals surface area contributed by atoms with Gasteiger partial charge in [-0.15, -0.1) is 5.10 Å². The third-order valence-electron chi connectivity index (χ3n) is 2.05. The van der Waals surface area contributed by atoms with Gasteiger partial charge in [0, 0.05) is 13.5 Å². The molecule has 80 valence electrons. The van der Waals surface area contributed by atoms with E-state index in [-0.39, 0.29) is 0 Å². The van der Waals surface area contributed by atoms with Crippen LogP contribution in [0.3, 0.4) is 0 Å². The van der Waals surface area contributed by atoms with Crippen LogP contribution >= 0.6 is 0 Å². The van der Waals surface area contributed by atoms with Crippen LogP contribution in [0.4, 0.5) is 6.01 Å². The van der Waals surface area contributed by atoms with Gasteiger partial charge < -0.3 is 9.73 Å². The lowest BCUT2D eigenvalue weighted by molar-refractivity contribution is 0.530. The Morgan fingerprint density at radius 1 is 1.31 bits per heavy atom. The summed E-state index contributed by atoms with van der Waals surface area (Å²) in [5.41, 5.74) is 1.70. The van der Waals surface area contributed by atoms with Crippen LogP contribution in [-0.4, -0.2) is 10.2 Å². The predicted octanol–water partition coefficient (Wildman–Crippen LogP) is 1.86. The predicted molar refractivity (Wildman–Crippen MR) is 57.5 cm³/mol. The number of rotatable bonds is 3. The number of nitrogens with one attached hydrogen (secondary N) is 1. The Morgan fingerprint density at radius 3 is 2.62 bits per heavy atom. The fraction of sp³-hybridized carbons (Fsp3) is 0.182. The van der Waals surface area contributed by atoms with Crippen molar-refractivity contribution in [1.82, 2.24) is 10.2 Å². The summed E-state index contributed by atoms with van der Waals surface area (Å²) in [6, 6.07) is 9.79. The van der Waals surface area contributed by atoms with Gasteiger partial charge in [0.25, 0.3) is 0 Å². The Labute approximate surface area is 92.7 Å². The van der Waals surface area contributed by atoms with Gasteiger partial charge in [0.15, 0.2) is 0 Å². The molecule has 0 bridgehead atoms. The molecule has 0 atom stereocenters. The molecule has 0 aliphatic rings. The van der Waals surface area contributed by atoms with Crippen LogP contribution in [0.5, 0.6) is 0 Å². The minimum Gasteiger partial charge on any atom is -0.408 e. The number of benzene rings is 1. The summed E-state index contributed by atoms with van der Waals surface area (Å²) >= 11 is 0. The number of nitrogens with zero attached hydrogens (tertiary/aromatic N) is 3. The van der Waals surface area contributed by atoms with Crippen LogP contribution in [0.1, 0.15) is 17.0 Å². The lowest BCUT2D eigenvalue weighted by Gasteiger charge is -2.01. The summed E-state index contributed by atoms with van der Waals surface area (Å²) < 4.78 is 5.16. The molecule has 1 aromatic heterocycles. The SMILES string of the molecule is Cc1nnc(NCc2ccc(C#N)cc2)o1. The molecule has 2 rings (SSSR count). The molecule has 2 aromatic rings. The van der Waals surface area contributed by atoms with Crippen molar-refractivity contribution >= 4 is 6.01 Å². The van der Waals surface area contributed by atoms with Gasteiger partial charge in [-0.1, -0.05) is 17.2 Å². The quantitative estimate of drug-likeness (QED) is 0.844. The summed E-state index contributed by atoms with van der Waals surface area (Å²) in [5.74, 6) is 0.530. The smallest absolute Gasteiger partial charge is 0.315 e. The zero-order valence-corrected chi connectivity index (χ0v) is 8.77. The minimum absolute atomic E-state index is 0.404. The molecular weight excluding hydrogens is 204 g/mol. The third kappa shape index (κ3) is 2.36. The fourth-order valence-electron chi connectivity index (χ4n) is 1.24. The first-order chi connectivity index (χ1) is 7.78. The van der Waals surface area contributed by atoms with E-state index in [2.05, 4.69) is 21.6 Å². The number of nitriles is 1. The van der Waals surface area contributed by atoms with E-state index in [1.54, 1.807) is 19.1 Å². The molecule has 0 aliphatic heterocycles. The van der Waals surface area contributed by atoms with Crippen LogP contribution in [0.2, 0.25) is 0 Å². The van der Waals surface area contributed by atoms with Crippen LogP contribution in [0.15, 0.2) is 28.7 Å². The standard InChI is InChI=1S/C11H10N4O/c1-8-14-15-11(16-8)13-7-10-4-2-9(6-12)3-5-10/h2-5H,7H2,1H3,(H,13,15). The van der Waals surface area contributed by atoms with E-state index >= 15 is 0 Å². The first kappa shape index (κ1) is 10.2. The van der Waals surface area contributed by atoms with E-state index in [0.717, 1.165) is 5.56 Å². The maximum Gasteiger partial charge on any atom is 0.315 e. The molecule has 0 saturated heterocycles. The Balaban J connectivity index is 1.97. The van der Waals surface area contributed by atoms with Crippen molar-refractivity contribution in [2.24, 2.45) is 0 Å². The first-order valence-electron chi connectivity index (χ1n) is 4.81. The number of anilines is 1. The molecule has 0 radical (unpaired) electrons. The summed E-state index contributed by atoms with van der Waals surface area (Å²) in [6.07, 6.45) is 0. The molecule has 1 aromatic carbocycles. The number of hydrogen-bond donors (Lipinski definition) is 1. The van der Waals surface area contributed by atoms with E-state index in [0.29, 0.717) is 24.0 Å². The molecule has 0 spiro atoms. The van der Waals surface area contributed by atoms with Gasteiger partial charge in [-0.3, -0.25) is 0 Å². The molecule has 16 heavy (non-hydrogen) atoms. The van der Waals surface area contributed by atoms with E-state index in [1.807, 2.05) is 12.1 Å². The van der Waals surface area contributed by atoms with Gasteiger partial charge in [0.2, 0.25) is 5.89 Å². The van der Waals surface area contributed by atoms with E-state index in [4.69, 9.17) is 9.68 Å². The molecule has 1 N–H and O–H groups in total. The highest BCUT2D eigenvalue weighted by Crippen LogP contribution is 2.08. The largest absolute Gasteiger partial charge is 0.408 e. The van der Waals surface area contributed by atoms with Gasteiger partial charge in [0.1, 0.15) is 0 Å². The fourth-order valence-corrected chi connectivity index (χ4v) is 1.24. The third-order valence-corrected chi connectivity index (χ3v) is 2.05. The number of hydrogen-bond acceptors (Lipinski definition) is 5. The average Bonchev–Trinajstić information content (AvgIpc) is 2.73. The van der Waals surface area contributed by atoms with Crippen molar-refractivity contribution in [2.75, 3.05) is 5.32 Å². The maximum atomic E-state index is 8.64. The second kappa shape index (κ2) is 4.45. The zero-order valence-electron chi connectivity index (χ0n) is 8.77. The summed E-state index contributed by atoms with van der Waals surface area (Å²) in [4.78, 5) is 0. The molecule has 0 unspecified atom stereocenters.